The van der Waals surface area contributed by atoms with E-state index in [-0.39, 0.29) is 0 Å². The van der Waals surface area contributed by atoms with E-state index in [0.29, 0.717) is 6.54 Å². The first-order valence-corrected chi connectivity index (χ1v) is 6.86. The Kier molecular flexibility index (Phi) is 4.14. The molecule has 0 radical (unpaired) electrons. The number of halogens is 1. The van der Waals surface area contributed by atoms with Crippen LogP contribution in [0.25, 0.3) is 11.4 Å². The summed E-state index contributed by atoms with van der Waals surface area (Å²) in [5.41, 5.74) is 7.96. The van der Waals surface area contributed by atoms with Crippen molar-refractivity contribution in [1.29, 1.82) is 0 Å². The van der Waals surface area contributed by atoms with Crippen LogP contribution in [0.5, 0.6) is 0 Å². The summed E-state index contributed by atoms with van der Waals surface area (Å²) in [6, 6.07) is 6.15. The van der Waals surface area contributed by atoms with E-state index in [9.17, 15) is 0 Å². The van der Waals surface area contributed by atoms with Gasteiger partial charge in [-0.15, -0.1) is 10.2 Å². The summed E-state index contributed by atoms with van der Waals surface area (Å²) < 4.78 is 3.16. The normalized spacial score (nSPS) is 10.9. The molecule has 18 heavy (non-hydrogen) atoms. The van der Waals surface area contributed by atoms with Gasteiger partial charge in [0.1, 0.15) is 5.82 Å². The molecule has 1 aromatic heterocycles. The Morgan fingerprint density at radius 2 is 2.11 bits per heavy atom. The molecule has 0 saturated heterocycles. The van der Waals surface area contributed by atoms with Crippen molar-refractivity contribution in [3.05, 3.63) is 34.1 Å². The molecule has 1 aromatic carbocycles. The molecule has 2 N–H and O–H groups in total. The molecule has 0 saturated carbocycles. The van der Waals surface area contributed by atoms with Gasteiger partial charge in [-0.2, -0.15) is 0 Å². The van der Waals surface area contributed by atoms with Crippen LogP contribution in [0.3, 0.4) is 0 Å². The number of rotatable bonds is 4. The zero-order valence-electron chi connectivity index (χ0n) is 10.7. The Morgan fingerprint density at radius 3 is 2.78 bits per heavy atom. The van der Waals surface area contributed by atoms with E-state index in [4.69, 9.17) is 5.73 Å². The second kappa shape index (κ2) is 5.63. The lowest BCUT2D eigenvalue weighted by Crippen LogP contribution is -2.09. The Labute approximate surface area is 115 Å². The van der Waals surface area contributed by atoms with E-state index in [1.165, 1.54) is 5.56 Å². The van der Waals surface area contributed by atoms with Crippen LogP contribution >= 0.6 is 15.9 Å². The molecule has 2 aromatic rings. The van der Waals surface area contributed by atoms with Crippen LogP contribution in [0.4, 0.5) is 0 Å². The Hall–Kier alpha value is -1.20. The van der Waals surface area contributed by atoms with Gasteiger partial charge in [0, 0.05) is 16.6 Å². The minimum atomic E-state index is 0.413. The van der Waals surface area contributed by atoms with Crippen molar-refractivity contribution in [3.8, 4) is 11.4 Å². The minimum absolute atomic E-state index is 0.413. The van der Waals surface area contributed by atoms with Crippen LogP contribution in [0.1, 0.15) is 24.7 Å². The van der Waals surface area contributed by atoms with Crippen molar-refractivity contribution >= 4 is 15.9 Å². The van der Waals surface area contributed by atoms with Gasteiger partial charge in [0.25, 0.3) is 0 Å². The van der Waals surface area contributed by atoms with Gasteiger partial charge in [0.15, 0.2) is 5.82 Å². The van der Waals surface area contributed by atoms with Crippen LogP contribution in [-0.4, -0.2) is 14.8 Å². The monoisotopic (exact) mass is 308 g/mol. The van der Waals surface area contributed by atoms with E-state index < -0.39 is 0 Å². The quantitative estimate of drug-likeness (QED) is 0.945. The molecule has 0 spiro atoms. The second-order valence-corrected chi connectivity index (χ2v) is 5.03. The van der Waals surface area contributed by atoms with Gasteiger partial charge >= 0.3 is 0 Å². The maximum absolute atomic E-state index is 5.71. The molecular formula is C13H17BrN4. The molecule has 96 valence electrons. The first-order chi connectivity index (χ1) is 8.69. The van der Waals surface area contributed by atoms with Gasteiger partial charge in [0.2, 0.25) is 0 Å². The topological polar surface area (TPSA) is 56.7 Å². The molecule has 0 unspecified atom stereocenters. The molecule has 5 heteroatoms. The molecule has 0 aliphatic rings. The predicted molar refractivity (Wildman–Crippen MR) is 76.1 cm³/mol. The third-order valence-electron chi connectivity index (χ3n) is 2.89. The highest BCUT2D eigenvalue weighted by molar-refractivity contribution is 9.10. The molecule has 0 fully saturated rings. The number of nitrogens with two attached hydrogens (primary N) is 1. The van der Waals surface area contributed by atoms with Gasteiger partial charge in [-0.1, -0.05) is 25.1 Å². The van der Waals surface area contributed by atoms with Crippen LogP contribution < -0.4 is 5.73 Å². The predicted octanol–water partition coefficient (Wildman–Crippen LogP) is 2.88. The van der Waals surface area contributed by atoms with Crippen molar-refractivity contribution in [1.82, 2.24) is 14.8 Å². The second-order valence-electron chi connectivity index (χ2n) is 4.23. The fourth-order valence-corrected chi connectivity index (χ4v) is 2.41. The standard InChI is InChI=1S/C13H17BrN4/c1-3-7-18-11(8-15)16-17-13(18)10-6-4-5-9(2)12(10)14/h4-6H,3,7-8,15H2,1-2H3. The van der Waals surface area contributed by atoms with E-state index >= 15 is 0 Å². The van der Waals surface area contributed by atoms with E-state index in [1.54, 1.807) is 0 Å². The zero-order chi connectivity index (χ0) is 13.1. The maximum Gasteiger partial charge on any atom is 0.165 e. The summed E-state index contributed by atoms with van der Waals surface area (Å²) in [6.07, 6.45) is 1.03. The van der Waals surface area contributed by atoms with Crippen LogP contribution in [0.15, 0.2) is 22.7 Å². The summed E-state index contributed by atoms with van der Waals surface area (Å²) in [4.78, 5) is 0. The van der Waals surface area contributed by atoms with Crippen LogP contribution in [-0.2, 0) is 13.1 Å². The van der Waals surface area contributed by atoms with E-state index in [0.717, 1.165) is 34.7 Å². The van der Waals surface area contributed by atoms with Crippen molar-refractivity contribution in [2.45, 2.75) is 33.4 Å². The lowest BCUT2D eigenvalue weighted by Gasteiger charge is -2.10. The largest absolute Gasteiger partial charge is 0.324 e. The SMILES string of the molecule is CCCn1c(CN)nnc1-c1cccc(C)c1Br. The van der Waals surface area contributed by atoms with E-state index in [2.05, 4.69) is 50.6 Å². The lowest BCUT2D eigenvalue weighted by atomic mass is 10.1. The number of aromatic nitrogens is 3. The molecule has 4 nitrogen and oxygen atoms in total. The Morgan fingerprint density at radius 1 is 1.33 bits per heavy atom. The molecule has 0 atom stereocenters. The fourth-order valence-electron chi connectivity index (χ4n) is 1.96. The minimum Gasteiger partial charge on any atom is -0.324 e. The first-order valence-electron chi connectivity index (χ1n) is 6.06. The number of hydrogen-bond donors (Lipinski definition) is 1. The summed E-state index contributed by atoms with van der Waals surface area (Å²) in [7, 11) is 0. The third-order valence-corrected chi connectivity index (χ3v) is 3.94. The molecular weight excluding hydrogens is 292 g/mol. The van der Waals surface area contributed by atoms with Crippen LogP contribution in [0, 0.1) is 6.92 Å². The summed E-state index contributed by atoms with van der Waals surface area (Å²) in [5.74, 6) is 1.72. The molecule has 0 aliphatic heterocycles. The number of hydrogen-bond acceptors (Lipinski definition) is 3. The summed E-state index contributed by atoms with van der Waals surface area (Å²) in [5, 5.41) is 8.45. The van der Waals surface area contributed by atoms with Crippen molar-refractivity contribution in [2.24, 2.45) is 5.73 Å². The van der Waals surface area contributed by atoms with Gasteiger partial charge in [-0.05, 0) is 34.8 Å². The van der Waals surface area contributed by atoms with Gasteiger partial charge in [0.05, 0.1) is 6.54 Å². The lowest BCUT2D eigenvalue weighted by molar-refractivity contribution is 0.644. The number of nitrogens with zero attached hydrogens (tertiary/aromatic N) is 3. The molecule has 0 amide bonds. The third kappa shape index (κ3) is 2.33. The average Bonchev–Trinajstić information content (AvgIpc) is 2.76. The Bertz CT molecular complexity index is 548. The van der Waals surface area contributed by atoms with Crippen molar-refractivity contribution < 1.29 is 0 Å². The Balaban J connectivity index is 2.56. The number of aryl methyl sites for hydroxylation is 1. The fraction of sp³-hybridized carbons (Fsp3) is 0.385. The van der Waals surface area contributed by atoms with Gasteiger partial charge < -0.3 is 10.3 Å². The first kappa shape index (κ1) is 13.2. The zero-order valence-corrected chi connectivity index (χ0v) is 12.2. The van der Waals surface area contributed by atoms with Crippen molar-refractivity contribution in [2.75, 3.05) is 0 Å². The molecule has 0 aliphatic carbocycles. The highest BCUT2D eigenvalue weighted by Crippen LogP contribution is 2.30. The highest BCUT2D eigenvalue weighted by Gasteiger charge is 2.15. The smallest absolute Gasteiger partial charge is 0.165 e. The summed E-state index contributed by atoms with van der Waals surface area (Å²) in [6.45, 7) is 5.50. The number of benzene rings is 1. The van der Waals surface area contributed by atoms with E-state index in [1.807, 2.05) is 12.1 Å². The molecule has 2 rings (SSSR count). The van der Waals surface area contributed by atoms with Crippen LogP contribution in [0.2, 0.25) is 0 Å². The van der Waals surface area contributed by atoms with Gasteiger partial charge in [-0.3, -0.25) is 0 Å². The summed E-state index contributed by atoms with van der Waals surface area (Å²) >= 11 is 3.62. The maximum atomic E-state index is 5.71. The average molecular weight is 309 g/mol. The van der Waals surface area contributed by atoms with Crippen molar-refractivity contribution in [3.63, 3.8) is 0 Å². The molecule has 1 heterocycles. The molecule has 0 bridgehead atoms. The van der Waals surface area contributed by atoms with Gasteiger partial charge in [-0.25, -0.2) is 0 Å². The highest BCUT2D eigenvalue weighted by atomic mass is 79.9.